The van der Waals surface area contributed by atoms with Crippen LogP contribution in [-0.2, 0) is 0 Å². The summed E-state index contributed by atoms with van der Waals surface area (Å²) in [6, 6.07) is 4.24. The lowest BCUT2D eigenvalue weighted by Crippen LogP contribution is -2.62. The minimum Gasteiger partial charge on any atom is -0.508 e. The molecule has 0 saturated carbocycles. The van der Waals surface area contributed by atoms with Crippen LogP contribution in [-0.4, -0.2) is 66.1 Å². The lowest BCUT2D eigenvalue weighted by Gasteiger charge is -2.43. The van der Waals surface area contributed by atoms with Gasteiger partial charge in [0.2, 0.25) is 0 Å². The molecule has 0 bridgehead atoms. The zero-order chi connectivity index (χ0) is 14.1. The number of benzene rings is 1. The van der Waals surface area contributed by atoms with Crippen molar-refractivity contribution < 1.29 is 14.3 Å². The molecule has 0 aliphatic carbocycles. The average Bonchev–Trinajstić information content (AvgIpc) is 2.37. The normalized spacial score (nSPS) is 20.8. The first-order chi connectivity index (χ1) is 9.65. The lowest BCUT2D eigenvalue weighted by molar-refractivity contribution is 0.0498. The molecule has 1 amide bonds. The van der Waals surface area contributed by atoms with E-state index in [1.807, 2.05) is 0 Å². The van der Waals surface area contributed by atoms with Gasteiger partial charge in [0, 0.05) is 51.4 Å². The van der Waals surface area contributed by atoms with Crippen LogP contribution < -0.4 is 5.32 Å². The maximum absolute atomic E-state index is 13.7. The van der Waals surface area contributed by atoms with Gasteiger partial charge in [-0.1, -0.05) is 0 Å². The molecule has 20 heavy (non-hydrogen) atoms. The number of aromatic hydroxyl groups is 1. The maximum atomic E-state index is 13.7. The molecule has 5 nitrogen and oxygen atoms in total. The number of nitrogens with one attached hydrogen (secondary N) is 1. The summed E-state index contributed by atoms with van der Waals surface area (Å²) in [6.45, 7) is 4.93. The van der Waals surface area contributed by atoms with Crippen molar-refractivity contribution in [2.75, 3.05) is 39.3 Å². The molecule has 1 aromatic rings. The molecule has 0 radical (unpaired) electrons. The largest absolute Gasteiger partial charge is 0.508 e. The molecule has 2 heterocycles. The van der Waals surface area contributed by atoms with E-state index in [0.29, 0.717) is 19.1 Å². The molecular formula is C14H18FN3O2. The summed E-state index contributed by atoms with van der Waals surface area (Å²) >= 11 is 0. The van der Waals surface area contributed by atoms with Crippen molar-refractivity contribution in [3.05, 3.63) is 29.6 Å². The monoisotopic (exact) mass is 279 g/mol. The number of hydrogen-bond donors (Lipinski definition) is 2. The quantitative estimate of drug-likeness (QED) is 0.815. The molecule has 0 aromatic heterocycles. The van der Waals surface area contributed by atoms with E-state index in [9.17, 15) is 14.3 Å². The number of phenols is 1. The van der Waals surface area contributed by atoms with Gasteiger partial charge in [0.25, 0.3) is 5.91 Å². The summed E-state index contributed by atoms with van der Waals surface area (Å²) in [5.74, 6) is -1.13. The second-order valence-corrected chi connectivity index (χ2v) is 5.30. The minimum absolute atomic E-state index is 0.0292. The van der Waals surface area contributed by atoms with Crippen molar-refractivity contribution in [3.8, 4) is 5.75 Å². The number of carbonyl (C=O) groups is 1. The number of hydrogen-bond acceptors (Lipinski definition) is 4. The first-order valence-electron chi connectivity index (χ1n) is 6.88. The number of amides is 1. The second-order valence-electron chi connectivity index (χ2n) is 5.30. The third-order valence-corrected chi connectivity index (χ3v) is 4.06. The minimum atomic E-state index is -0.666. The van der Waals surface area contributed by atoms with E-state index in [1.165, 1.54) is 12.1 Å². The van der Waals surface area contributed by atoms with Crippen molar-refractivity contribution in [3.63, 3.8) is 0 Å². The fourth-order valence-electron chi connectivity index (χ4n) is 2.67. The van der Waals surface area contributed by atoms with Crippen LogP contribution >= 0.6 is 0 Å². The van der Waals surface area contributed by atoms with Gasteiger partial charge in [-0.05, 0) is 12.1 Å². The Labute approximate surface area is 117 Å². The van der Waals surface area contributed by atoms with Crippen LogP contribution in [0.1, 0.15) is 10.4 Å². The Morgan fingerprint density at radius 2 is 1.95 bits per heavy atom. The summed E-state index contributed by atoms with van der Waals surface area (Å²) in [6.07, 6.45) is 0. The van der Waals surface area contributed by atoms with Crippen LogP contribution in [0.25, 0.3) is 0 Å². The van der Waals surface area contributed by atoms with Gasteiger partial charge < -0.3 is 15.3 Å². The molecule has 2 aliphatic rings. The fourth-order valence-corrected chi connectivity index (χ4v) is 2.67. The second kappa shape index (κ2) is 5.38. The Morgan fingerprint density at radius 3 is 2.50 bits per heavy atom. The molecule has 2 saturated heterocycles. The number of phenolic OH excluding ortho intramolecular Hbond substituents is 1. The Balaban J connectivity index is 1.63. The molecule has 0 unspecified atom stereocenters. The van der Waals surface area contributed by atoms with Crippen LogP contribution in [0.5, 0.6) is 5.75 Å². The Bertz CT molecular complexity index is 511. The zero-order valence-corrected chi connectivity index (χ0v) is 11.2. The SMILES string of the molecule is O=C(c1ccc(O)cc1F)N1CCN(C2CNC2)CC1. The van der Waals surface area contributed by atoms with Crippen LogP contribution in [0, 0.1) is 5.82 Å². The molecule has 1 aromatic carbocycles. The molecule has 108 valence electrons. The number of carbonyl (C=O) groups excluding carboxylic acids is 1. The number of piperazine rings is 1. The molecule has 0 atom stereocenters. The van der Waals surface area contributed by atoms with Crippen LogP contribution in [0.15, 0.2) is 18.2 Å². The molecule has 2 N–H and O–H groups in total. The van der Waals surface area contributed by atoms with E-state index in [1.54, 1.807) is 4.90 Å². The van der Waals surface area contributed by atoms with E-state index >= 15 is 0 Å². The number of halogens is 1. The van der Waals surface area contributed by atoms with Gasteiger partial charge in [-0.15, -0.1) is 0 Å². The first-order valence-corrected chi connectivity index (χ1v) is 6.88. The Hall–Kier alpha value is -1.66. The van der Waals surface area contributed by atoms with Crippen molar-refractivity contribution in [1.82, 2.24) is 15.1 Å². The number of rotatable bonds is 2. The van der Waals surface area contributed by atoms with E-state index in [0.717, 1.165) is 32.2 Å². The highest BCUT2D eigenvalue weighted by Gasteiger charge is 2.30. The standard InChI is InChI=1S/C14H18FN3O2/c15-13-7-11(19)1-2-12(13)14(20)18-5-3-17(4-6-18)10-8-16-9-10/h1-2,7,10,16,19H,3-6,8-9H2. The highest BCUT2D eigenvalue weighted by atomic mass is 19.1. The molecular weight excluding hydrogens is 261 g/mol. The van der Waals surface area contributed by atoms with E-state index in [4.69, 9.17) is 0 Å². The van der Waals surface area contributed by atoms with Gasteiger partial charge in [0.15, 0.2) is 0 Å². The highest BCUT2D eigenvalue weighted by Crippen LogP contribution is 2.18. The third-order valence-electron chi connectivity index (χ3n) is 4.06. The summed E-state index contributed by atoms with van der Waals surface area (Å²) < 4.78 is 13.7. The predicted octanol–water partition coefficient (Wildman–Crippen LogP) is 0.261. The Morgan fingerprint density at radius 1 is 1.25 bits per heavy atom. The van der Waals surface area contributed by atoms with Crippen LogP contribution in [0.3, 0.4) is 0 Å². The average molecular weight is 279 g/mol. The van der Waals surface area contributed by atoms with Crippen LogP contribution in [0.2, 0.25) is 0 Å². The maximum Gasteiger partial charge on any atom is 0.256 e. The molecule has 3 rings (SSSR count). The van der Waals surface area contributed by atoms with Gasteiger partial charge in [0.05, 0.1) is 5.56 Å². The van der Waals surface area contributed by atoms with Gasteiger partial charge in [-0.2, -0.15) is 0 Å². The molecule has 2 fully saturated rings. The molecule has 0 spiro atoms. The van der Waals surface area contributed by atoms with E-state index in [2.05, 4.69) is 10.2 Å². The molecule has 2 aliphatic heterocycles. The lowest BCUT2D eigenvalue weighted by atomic mass is 10.1. The van der Waals surface area contributed by atoms with E-state index < -0.39 is 5.82 Å². The summed E-state index contributed by atoms with van der Waals surface area (Å²) in [5, 5.41) is 12.4. The number of nitrogens with zero attached hydrogens (tertiary/aromatic N) is 2. The summed E-state index contributed by atoms with van der Waals surface area (Å²) in [7, 11) is 0. The fraction of sp³-hybridized carbons (Fsp3) is 0.500. The van der Waals surface area contributed by atoms with Crippen molar-refractivity contribution in [2.45, 2.75) is 6.04 Å². The van der Waals surface area contributed by atoms with Crippen molar-refractivity contribution >= 4 is 5.91 Å². The topological polar surface area (TPSA) is 55.8 Å². The summed E-state index contributed by atoms with van der Waals surface area (Å²) in [5.41, 5.74) is 0.0292. The van der Waals surface area contributed by atoms with Gasteiger partial charge in [-0.3, -0.25) is 9.69 Å². The van der Waals surface area contributed by atoms with Crippen molar-refractivity contribution in [2.24, 2.45) is 0 Å². The van der Waals surface area contributed by atoms with Gasteiger partial charge in [0.1, 0.15) is 11.6 Å². The first kappa shape index (κ1) is 13.3. The third kappa shape index (κ3) is 2.48. The van der Waals surface area contributed by atoms with E-state index in [-0.39, 0.29) is 17.2 Å². The highest BCUT2D eigenvalue weighted by molar-refractivity contribution is 5.94. The smallest absolute Gasteiger partial charge is 0.256 e. The zero-order valence-electron chi connectivity index (χ0n) is 11.2. The van der Waals surface area contributed by atoms with Crippen molar-refractivity contribution in [1.29, 1.82) is 0 Å². The predicted molar refractivity (Wildman–Crippen MR) is 72.2 cm³/mol. The summed E-state index contributed by atoms with van der Waals surface area (Å²) in [4.78, 5) is 16.3. The molecule has 6 heteroatoms. The van der Waals surface area contributed by atoms with Gasteiger partial charge in [-0.25, -0.2) is 4.39 Å². The van der Waals surface area contributed by atoms with Crippen LogP contribution in [0.4, 0.5) is 4.39 Å². The van der Waals surface area contributed by atoms with Gasteiger partial charge >= 0.3 is 0 Å². The Kier molecular flexibility index (Phi) is 3.58.